The molecule has 2 aliphatic rings. The average molecular weight is 368 g/mol. The van der Waals surface area contributed by atoms with Crippen molar-refractivity contribution in [3.8, 4) is 0 Å². The lowest BCUT2D eigenvalue weighted by Crippen LogP contribution is -2.40. The van der Waals surface area contributed by atoms with Crippen LogP contribution in [0.5, 0.6) is 0 Å². The van der Waals surface area contributed by atoms with Crippen LogP contribution in [0.1, 0.15) is 17.5 Å². The molecule has 1 spiro atoms. The van der Waals surface area contributed by atoms with E-state index in [1.807, 2.05) is 0 Å². The number of aryl methyl sites for hydroxylation is 1. The van der Waals surface area contributed by atoms with Crippen molar-refractivity contribution in [2.45, 2.75) is 19.9 Å². The number of hydrogen-bond donors (Lipinski definition) is 0. The molecule has 1 atom stereocenters. The molecule has 0 aliphatic carbocycles. The summed E-state index contributed by atoms with van der Waals surface area (Å²) in [4.78, 5) is 16.9. The molecule has 0 saturated carbocycles. The lowest BCUT2D eigenvalue weighted by atomic mass is 9.87. The average Bonchev–Trinajstić information content (AvgIpc) is 2.82. The minimum Gasteiger partial charge on any atom is -0.379 e. The summed E-state index contributed by atoms with van der Waals surface area (Å²) in [7, 11) is 0. The molecule has 2 heterocycles. The highest BCUT2D eigenvalue weighted by Gasteiger charge is 2.45. The Labute approximate surface area is 159 Å². The van der Waals surface area contributed by atoms with Crippen molar-refractivity contribution in [1.29, 1.82) is 0 Å². The maximum absolute atomic E-state index is 13.2. The fourth-order valence-corrected chi connectivity index (χ4v) is 4.24. The second kappa shape index (κ2) is 7.41. The van der Waals surface area contributed by atoms with E-state index >= 15 is 0 Å². The number of hydrogen-bond acceptors (Lipinski definition) is 3. The van der Waals surface area contributed by atoms with Crippen LogP contribution in [0.25, 0.3) is 0 Å². The summed E-state index contributed by atoms with van der Waals surface area (Å²) in [5, 5.41) is 0. The largest absolute Gasteiger partial charge is 0.379 e. The molecule has 2 fully saturated rings. The van der Waals surface area contributed by atoms with Gasteiger partial charge in [-0.05, 0) is 36.8 Å². The zero-order valence-electron chi connectivity index (χ0n) is 15.7. The summed E-state index contributed by atoms with van der Waals surface area (Å²) in [6, 6.07) is 14.7. The molecule has 2 aliphatic heterocycles. The van der Waals surface area contributed by atoms with Gasteiger partial charge in [-0.25, -0.2) is 4.39 Å². The van der Waals surface area contributed by atoms with E-state index in [1.54, 1.807) is 17.0 Å². The van der Waals surface area contributed by atoms with Crippen molar-refractivity contribution in [3.05, 3.63) is 65.5 Å². The Morgan fingerprint density at radius 3 is 2.74 bits per heavy atom. The van der Waals surface area contributed by atoms with Gasteiger partial charge in [0.05, 0.1) is 13.2 Å². The fourth-order valence-electron chi connectivity index (χ4n) is 4.24. The summed E-state index contributed by atoms with van der Waals surface area (Å²) >= 11 is 0. The first-order valence-electron chi connectivity index (χ1n) is 9.45. The minimum atomic E-state index is -0.290. The van der Waals surface area contributed by atoms with Crippen molar-refractivity contribution >= 4 is 11.6 Å². The van der Waals surface area contributed by atoms with E-state index in [-0.39, 0.29) is 17.1 Å². The first-order valence-corrected chi connectivity index (χ1v) is 9.45. The Morgan fingerprint density at radius 1 is 1.15 bits per heavy atom. The lowest BCUT2D eigenvalue weighted by molar-refractivity contribution is -0.118. The zero-order chi connectivity index (χ0) is 18.9. The van der Waals surface area contributed by atoms with Crippen LogP contribution < -0.4 is 4.90 Å². The molecule has 1 amide bonds. The number of nitrogens with zero attached hydrogens (tertiary/aromatic N) is 2. The topological polar surface area (TPSA) is 32.8 Å². The molecule has 1 unspecified atom stereocenters. The molecule has 4 nitrogen and oxygen atoms in total. The van der Waals surface area contributed by atoms with Crippen LogP contribution in [0.15, 0.2) is 48.5 Å². The Morgan fingerprint density at radius 2 is 1.96 bits per heavy atom. The fraction of sp³-hybridized carbons (Fsp3) is 0.409. The quantitative estimate of drug-likeness (QED) is 0.833. The summed E-state index contributed by atoms with van der Waals surface area (Å²) in [6.07, 6.45) is 0.467. The monoisotopic (exact) mass is 368 g/mol. The van der Waals surface area contributed by atoms with Gasteiger partial charge in [0.2, 0.25) is 5.91 Å². The first kappa shape index (κ1) is 18.1. The van der Waals surface area contributed by atoms with E-state index < -0.39 is 0 Å². The van der Waals surface area contributed by atoms with E-state index in [1.165, 1.54) is 23.3 Å². The van der Waals surface area contributed by atoms with Crippen molar-refractivity contribution in [1.82, 2.24) is 4.90 Å². The second-order valence-corrected chi connectivity index (χ2v) is 7.89. The number of halogens is 1. The summed E-state index contributed by atoms with van der Waals surface area (Å²) in [5.41, 5.74) is 3.08. The molecule has 27 heavy (non-hydrogen) atoms. The standard InChI is InChI=1S/C22H25FN2O2/c1-17-3-2-4-18(11-17)13-24-9-10-27-16-22(14-24)12-21(26)25(15-22)20-7-5-19(23)6-8-20/h2-8,11H,9-10,12-16H2,1H3. The second-order valence-electron chi connectivity index (χ2n) is 7.89. The molecular formula is C22H25FN2O2. The molecule has 0 radical (unpaired) electrons. The highest BCUT2D eigenvalue weighted by atomic mass is 19.1. The number of anilines is 1. The van der Waals surface area contributed by atoms with Gasteiger partial charge in [-0.3, -0.25) is 9.69 Å². The summed E-state index contributed by atoms with van der Waals surface area (Å²) < 4.78 is 19.1. The first-order chi connectivity index (χ1) is 13.0. The van der Waals surface area contributed by atoms with Crippen LogP contribution >= 0.6 is 0 Å². The van der Waals surface area contributed by atoms with Gasteiger partial charge in [0, 0.05) is 43.7 Å². The number of rotatable bonds is 3. The number of carbonyl (C=O) groups excluding carboxylic acids is 1. The van der Waals surface area contributed by atoms with Crippen molar-refractivity contribution in [2.24, 2.45) is 5.41 Å². The third-order valence-corrected chi connectivity index (χ3v) is 5.47. The van der Waals surface area contributed by atoms with E-state index in [2.05, 4.69) is 36.1 Å². The molecule has 2 saturated heterocycles. The van der Waals surface area contributed by atoms with Crippen LogP contribution in [-0.2, 0) is 16.1 Å². The van der Waals surface area contributed by atoms with Crippen LogP contribution in [0, 0.1) is 18.2 Å². The number of carbonyl (C=O) groups is 1. The Hall–Kier alpha value is -2.24. The maximum Gasteiger partial charge on any atom is 0.227 e. The van der Waals surface area contributed by atoms with Crippen LogP contribution in [0.3, 0.4) is 0 Å². The van der Waals surface area contributed by atoms with Gasteiger partial charge in [-0.2, -0.15) is 0 Å². The molecule has 142 valence electrons. The normalized spacial score (nSPS) is 23.8. The Bertz CT molecular complexity index is 823. The van der Waals surface area contributed by atoms with Crippen molar-refractivity contribution in [3.63, 3.8) is 0 Å². The van der Waals surface area contributed by atoms with Gasteiger partial charge in [0.15, 0.2) is 0 Å². The molecule has 0 N–H and O–H groups in total. The number of benzene rings is 2. The van der Waals surface area contributed by atoms with Gasteiger partial charge >= 0.3 is 0 Å². The number of ether oxygens (including phenoxy) is 1. The third-order valence-electron chi connectivity index (χ3n) is 5.47. The van der Waals surface area contributed by atoms with Gasteiger partial charge in [-0.1, -0.05) is 29.8 Å². The third kappa shape index (κ3) is 4.04. The molecule has 0 aromatic heterocycles. The smallest absolute Gasteiger partial charge is 0.227 e. The van der Waals surface area contributed by atoms with Crippen LogP contribution in [0.4, 0.5) is 10.1 Å². The van der Waals surface area contributed by atoms with E-state index in [9.17, 15) is 9.18 Å². The predicted molar refractivity (Wildman–Crippen MR) is 103 cm³/mol. The maximum atomic E-state index is 13.2. The van der Waals surface area contributed by atoms with Crippen molar-refractivity contribution < 1.29 is 13.9 Å². The van der Waals surface area contributed by atoms with E-state index in [0.29, 0.717) is 26.2 Å². The summed E-state index contributed by atoms with van der Waals surface area (Å²) in [5.74, 6) is -0.204. The SMILES string of the molecule is Cc1cccc(CN2CCOCC3(CC(=O)N(c4ccc(F)cc4)C3)C2)c1. The lowest BCUT2D eigenvalue weighted by Gasteiger charge is -2.31. The Kier molecular flexibility index (Phi) is 4.98. The minimum absolute atomic E-state index is 0.0858. The summed E-state index contributed by atoms with van der Waals surface area (Å²) in [6.45, 7) is 6.52. The highest BCUT2D eigenvalue weighted by Crippen LogP contribution is 2.37. The van der Waals surface area contributed by atoms with Gasteiger partial charge in [0.1, 0.15) is 5.82 Å². The van der Waals surface area contributed by atoms with E-state index in [0.717, 1.165) is 25.3 Å². The van der Waals surface area contributed by atoms with E-state index in [4.69, 9.17) is 4.74 Å². The molecule has 4 rings (SSSR count). The molecule has 5 heteroatoms. The van der Waals surface area contributed by atoms with Crippen molar-refractivity contribution in [2.75, 3.05) is 37.7 Å². The van der Waals surface area contributed by atoms with Gasteiger partial charge in [0.25, 0.3) is 0 Å². The van der Waals surface area contributed by atoms with Gasteiger partial charge in [-0.15, -0.1) is 0 Å². The number of amides is 1. The Balaban J connectivity index is 1.51. The molecular weight excluding hydrogens is 343 g/mol. The zero-order valence-corrected chi connectivity index (χ0v) is 15.7. The van der Waals surface area contributed by atoms with Crippen LogP contribution in [0.2, 0.25) is 0 Å². The molecule has 0 bridgehead atoms. The van der Waals surface area contributed by atoms with Gasteiger partial charge < -0.3 is 9.64 Å². The molecule has 2 aromatic carbocycles. The molecule has 2 aromatic rings. The highest BCUT2D eigenvalue weighted by molar-refractivity contribution is 5.96. The predicted octanol–water partition coefficient (Wildman–Crippen LogP) is 3.39. The van der Waals surface area contributed by atoms with Crippen LogP contribution in [-0.4, -0.2) is 43.7 Å².